The Kier molecular flexibility index (Phi) is 4.72. The Morgan fingerprint density at radius 1 is 1.42 bits per heavy atom. The molecule has 0 aliphatic heterocycles. The van der Waals surface area contributed by atoms with E-state index in [1.807, 2.05) is 12.1 Å². The molecule has 0 saturated carbocycles. The zero-order valence-electron chi connectivity index (χ0n) is 11.8. The lowest BCUT2D eigenvalue weighted by atomic mass is 9.77. The maximum absolute atomic E-state index is 11.4. The van der Waals surface area contributed by atoms with Crippen molar-refractivity contribution in [1.82, 2.24) is 5.32 Å². The number of rotatable bonds is 5. The largest absolute Gasteiger partial charge is 0.327 e. The first-order valence-electron chi connectivity index (χ1n) is 7.15. The summed E-state index contributed by atoms with van der Waals surface area (Å²) < 4.78 is 0. The van der Waals surface area contributed by atoms with Gasteiger partial charge in [0.2, 0.25) is 0 Å². The van der Waals surface area contributed by atoms with Crippen LogP contribution in [0.15, 0.2) is 24.3 Å². The van der Waals surface area contributed by atoms with Crippen LogP contribution in [0, 0.1) is 11.8 Å². The third kappa shape index (κ3) is 3.23. The van der Waals surface area contributed by atoms with Gasteiger partial charge in [-0.2, -0.15) is 0 Å². The van der Waals surface area contributed by atoms with E-state index in [0.717, 1.165) is 25.7 Å². The standard InChI is InChI=1S/C16H24N2O/c1-11(2)7-8-18-16-13-6-4-3-5-12(13)9-15(17)14(16)10-19/h3-6,10-11,14-16,18H,7-9,17H2,1-2H3. The molecule has 1 aliphatic carbocycles. The molecule has 0 saturated heterocycles. The summed E-state index contributed by atoms with van der Waals surface area (Å²) in [5.74, 6) is 0.539. The maximum atomic E-state index is 11.4. The third-order valence-corrected chi connectivity index (χ3v) is 3.97. The van der Waals surface area contributed by atoms with E-state index in [4.69, 9.17) is 5.73 Å². The molecule has 3 unspecified atom stereocenters. The van der Waals surface area contributed by atoms with Gasteiger partial charge in [-0.15, -0.1) is 0 Å². The SMILES string of the molecule is CC(C)CCNC1c2ccccc2CC(N)C1C=O. The molecular weight excluding hydrogens is 236 g/mol. The summed E-state index contributed by atoms with van der Waals surface area (Å²) in [5.41, 5.74) is 8.67. The molecule has 0 amide bonds. The molecule has 0 aromatic heterocycles. The van der Waals surface area contributed by atoms with Gasteiger partial charge in [0.05, 0.1) is 0 Å². The zero-order chi connectivity index (χ0) is 13.8. The molecule has 2 rings (SSSR count). The fourth-order valence-electron chi connectivity index (χ4n) is 2.82. The average Bonchev–Trinajstić information content (AvgIpc) is 2.38. The van der Waals surface area contributed by atoms with Gasteiger partial charge in [0.25, 0.3) is 0 Å². The van der Waals surface area contributed by atoms with Gasteiger partial charge in [-0.25, -0.2) is 0 Å². The summed E-state index contributed by atoms with van der Waals surface area (Å²) in [4.78, 5) is 11.4. The highest BCUT2D eigenvalue weighted by molar-refractivity contribution is 5.59. The van der Waals surface area contributed by atoms with Gasteiger partial charge in [0.15, 0.2) is 0 Å². The van der Waals surface area contributed by atoms with Crippen LogP contribution in [0.4, 0.5) is 0 Å². The number of benzene rings is 1. The van der Waals surface area contributed by atoms with Gasteiger partial charge in [-0.05, 0) is 36.4 Å². The minimum Gasteiger partial charge on any atom is -0.327 e. The summed E-state index contributed by atoms with van der Waals surface area (Å²) >= 11 is 0. The highest BCUT2D eigenvalue weighted by Crippen LogP contribution is 2.32. The summed E-state index contributed by atoms with van der Waals surface area (Å²) in [6.45, 7) is 5.34. The van der Waals surface area contributed by atoms with Gasteiger partial charge in [0, 0.05) is 18.0 Å². The molecule has 1 aromatic carbocycles. The number of hydrogen-bond acceptors (Lipinski definition) is 3. The van der Waals surface area contributed by atoms with Crippen LogP contribution in [0.3, 0.4) is 0 Å². The van der Waals surface area contributed by atoms with Crippen LogP contribution in [-0.4, -0.2) is 18.9 Å². The van der Waals surface area contributed by atoms with Crippen LogP contribution >= 0.6 is 0 Å². The van der Waals surface area contributed by atoms with E-state index in [0.29, 0.717) is 5.92 Å². The first kappa shape index (κ1) is 14.2. The van der Waals surface area contributed by atoms with Crippen molar-refractivity contribution in [2.75, 3.05) is 6.54 Å². The lowest BCUT2D eigenvalue weighted by molar-refractivity contribution is -0.112. The number of hydrogen-bond donors (Lipinski definition) is 2. The molecule has 1 aliphatic rings. The van der Waals surface area contributed by atoms with E-state index < -0.39 is 0 Å². The number of carbonyl (C=O) groups excluding carboxylic acids is 1. The normalized spacial score (nSPS) is 26.2. The van der Waals surface area contributed by atoms with Crippen molar-refractivity contribution < 1.29 is 4.79 Å². The molecule has 0 bridgehead atoms. The summed E-state index contributed by atoms with van der Waals surface area (Å²) in [7, 11) is 0. The number of aldehydes is 1. The first-order valence-corrected chi connectivity index (χ1v) is 7.15. The molecule has 3 N–H and O–H groups in total. The zero-order valence-corrected chi connectivity index (χ0v) is 11.8. The Morgan fingerprint density at radius 3 is 2.84 bits per heavy atom. The summed E-state index contributed by atoms with van der Waals surface area (Å²) in [5, 5.41) is 3.53. The van der Waals surface area contributed by atoms with E-state index in [2.05, 4.69) is 31.3 Å². The Hall–Kier alpha value is -1.19. The molecule has 3 atom stereocenters. The fourth-order valence-corrected chi connectivity index (χ4v) is 2.82. The van der Waals surface area contributed by atoms with Crippen LogP contribution in [-0.2, 0) is 11.2 Å². The minimum atomic E-state index is -0.123. The Morgan fingerprint density at radius 2 is 2.16 bits per heavy atom. The van der Waals surface area contributed by atoms with Gasteiger partial charge >= 0.3 is 0 Å². The molecule has 0 spiro atoms. The van der Waals surface area contributed by atoms with Crippen LogP contribution in [0.5, 0.6) is 0 Å². The maximum Gasteiger partial charge on any atom is 0.126 e. The van der Waals surface area contributed by atoms with Gasteiger partial charge < -0.3 is 15.8 Å². The predicted molar refractivity (Wildman–Crippen MR) is 77.9 cm³/mol. The Labute approximate surface area is 115 Å². The van der Waals surface area contributed by atoms with E-state index in [1.165, 1.54) is 11.1 Å². The summed E-state index contributed by atoms with van der Waals surface area (Å²) in [6, 6.07) is 8.30. The van der Waals surface area contributed by atoms with E-state index in [1.54, 1.807) is 0 Å². The monoisotopic (exact) mass is 260 g/mol. The van der Waals surface area contributed by atoms with Crippen molar-refractivity contribution in [3.63, 3.8) is 0 Å². The van der Waals surface area contributed by atoms with Crippen LogP contribution in [0.2, 0.25) is 0 Å². The topological polar surface area (TPSA) is 55.1 Å². The second-order valence-corrected chi connectivity index (χ2v) is 5.89. The quantitative estimate of drug-likeness (QED) is 0.797. The Bertz CT molecular complexity index is 431. The van der Waals surface area contributed by atoms with Crippen molar-refractivity contribution in [2.24, 2.45) is 17.6 Å². The van der Waals surface area contributed by atoms with Gasteiger partial charge in [0.1, 0.15) is 6.29 Å². The van der Waals surface area contributed by atoms with E-state index in [-0.39, 0.29) is 18.0 Å². The number of carbonyl (C=O) groups is 1. The Balaban J connectivity index is 2.18. The smallest absolute Gasteiger partial charge is 0.126 e. The minimum absolute atomic E-state index is 0.0659. The lowest BCUT2D eigenvalue weighted by Crippen LogP contribution is -2.46. The van der Waals surface area contributed by atoms with Gasteiger partial charge in [-0.3, -0.25) is 0 Å². The third-order valence-electron chi connectivity index (χ3n) is 3.97. The highest BCUT2D eigenvalue weighted by Gasteiger charge is 2.34. The van der Waals surface area contributed by atoms with Crippen molar-refractivity contribution in [3.05, 3.63) is 35.4 Å². The molecule has 3 heteroatoms. The van der Waals surface area contributed by atoms with Crippen molar-refractivity contribution >= 4 is 6.29 Å². The van der Waals surface area contributed by atoms with E-state index in [9.17, 15) is 4.79 Å². The molecule has 1 aromatic rings. The lowest BCUT2D eigenvalue weighted by Gasteiger charge is -2.35. The van der Waals surface area contributed by atoms with Crippen molar-refractivity contribution in [1.29, 1.82) is 0 Å². The number of nitrogens with one attached hydrogen (secondary N) is 1. The molecule has 3 nitrogen and oxygen atoms in total. The van der Waals surface area contributed by atoms with E-state index >= 15 is 0 Å². The average molecular weight is 260 g/mol. The number of nitrogens with two attached hydrogens (primary N) is 1. The molecule has 0 fully saturated rings. The molecule has 104 valence electrons. The fraction of sp³-hybridized carbons (Fsp3) is 0.562. The van der Waals surface area contributed by atoms with Crippen molar-refractivity contribution in [2.45, 2.75) is 38.8 Å². The molecule has 0 heterocycles. The van der Waals surface area contributed by atoms with Crippen LogP contribution < -0.4 is 11.1 Å². The predicted octanol–water partition coefficient (Wildman–Crippen LogP) is 2.06. The summed E-state index contributed by atoms with van der Waals surface area (Å²) in [6.07, 6.45) is 2.93. The second kappa shape index (κ2) is 6.31. The molecular formula is C16H24N2O. The molecule has 19 heavy (non-hydrogen) atoms. The molecule has 0 radical (unpaired) electrons. The van der Waals surface area contributed by atoms with Crippen LogP contribution in [0.1, 0.15) is 37.4 Å². The van der Waals surface area contributed by atoms with Gasteiger partial charge in [-0.1, -0.05) is 38.1 Å². The first-order chi connectivity index (χ1) is 9.13. The highest BCUT2D eigenvalue weighted by atomic mass is 16.1. The van der Waals surface area contributed by atoms with Crippen LogP contribution in [0.25, 0.3) is 0 Å². The number of fused-ring (bicyclic) bond motifs is 1. The van der Waals surface area contributed by atoms with Crippen molar-refractivity contribution in [3.8, 4) is 0 Å². The second-order valence-electron chi connectivity index (χ2n) is 5.89.